The second-order valence-corrected chi connectivity index (χ2v) is 6.27. The molecule has 0 fully saturated rings. The summed E-state index contributed by atoms with van der Waals surface area (Å²) in [4.78, 5) is 8.78. The number of aliphatic hydroxyl groups excluding tert-OH is 2. The number of nitrogens with zero attached hydrogens (tertiary/aromatic N) is 2. The van der Waals surface area contributed by atoms with Gasteiger partial charge in [0, 0.05) is 16.7 Å². The number of hydrogen-bond donors (Lipinski definition) is 3. The van der Waals surface area contributed by atoms with Gasteiger partial charge in [-0.3, -0.25) is 0 Å². The summed E-state index contributed by atoms with van der Waals surface area (Å²) in [6.45, 7) is 7.67. The van der Waals surface area contributed by atoms with Crippen LogP contribution in [0, 0.1) is 6.92 Å². The van der Waals surface area contributed by atoms with Gasteiger partial charge < -0.3 is 15.9 Å². The maximum absolute atomic E-state index is 9.36. The minimum Gasteiger partial charge on any atom is -0.394 e. The van der Waals surface area contributed by atoms with Crippen molar-refractivity contribution in [2.45, 2.75) is 44.2 Å². The van der Waals surface area contributed by atoms with E-state index in [0.717, 1.165) is 10.6 Å². The molecule has 5 nitrogen and oxygen atoms in total. The summed E-state index contributed by atoms with van der Waals surface area (Å²) in [6.07, 6.45) is -0.747. The van der Waals surface area contributed by atoms with Crippen LogP contribution < -0.4 is 5.73 Å². The van der Waals surface area contributed by atoms with Gasteiger partial charge in [-0.25, -0.2) is 9.97 Å². The summed E-state index contributed by atoms with van der Waals surface area (Å²) in [5, 5.41) is 18.9. The van der Waals surface area contributed by atoms with Gasteiger partial charge in [-0.1, -0.05) is 20.8 Å². The largest absolute Gasteiger partial charge is 0.394 e. The number of aliphatic hydroxyl groups is 2. The summed E-state index contributed by atoms with van der Waals surface area (Å²) in [7, 11) is 0. The number of nitrogens with two attached hydrogens (primary N) is 1. The SMILES string of the molecule is Cc1c(N)nc(C(C)(C)C)nc1SCC(O)CO. The van der Waals surface area contributed by atoms with Crippen LogP contribution in [0.1, 0.15) is 32.2 Å². The summed E-state index contributed by atoms with van der Waals surface area (Å²) < 4.78 is 0. The number of nitrogen functional groups attached to an aromatic ring is 1. The topological polar surface area (TPSA) is 92.3 Å². The molecule has 6 heteroatoms. The van der Waals surface area contributed by atoms with Crippen molar-refractivity contribution in [3.05, 3.63) is 11.4 Å². The molecule has 0 radical (unpaired) electrons. The predicted octanol–water partition coefficient (Wildman–Crippen LogP) is 1.11. The van der Waals surface area contributed by atoms with E-state index in [4.69, 9.17) is 10.8 Å². The van der Waals surface area contributed by atoms with E-state index in [0.29, 0.717) is 17.4 Å². The van der Waals surface area contributed by atoms with Crippen molar-refractivity contribution in [1.29, 1.82) is 0 Å². The molecule has 1 atom stereocenters. The Morgan fingerprint density at radius 2 is 1.94 bits per heavy atom. The van der Waals surface area contributed by atoms with Gasteiger partial charge in [0.05, 0.1) is 12.7 Å². The standard InChI is InChI=1S/C12H21N3O2S/c1-7-9(13)14-11(12(2,3)4)15-10(7)18-6-8(17)5-16/h8,16-17H,5-6H2,1-4H3,(H2,13,14,15). The van der Waals surface area contributed by atoms with E-state index < -0.39 is 6.10 Å². The zero-order chi connectivity index (χ0) is 13.9. The van der Waals surface area contributed by atoms with Crippen LogP contribution >= 0.6 is 11.8 Å². The molecule has 0 saturated carbocycles. The summed E-state index contributed by atoms with van der Waals surface area (Å²) in [5.74, 6) is 1.54. The van der Waals surface area contributed by atoms with Crippen molar-refractivity contribution in [1.82, 2.24) is 9.97 Å². The number of aromatic nitrogens is 2. The smallest absolute Gasteiger partial charge is 0.137 e. The van der Waals surface area contributed by atoms with Crippen LogP contribution in [0.3, 0.4) is 0 Å². The zero-order valence-electron chi connectivity index (χ0n) is 11.3. The van der Waals surface area contributed by atoms with E-state index >= 15 is 0 Å². The molecular weight excluding hydrogens is 250 g/mol. The first-order chi connectivity index (χ1) is 8.25. The molecule has 0 saturated heterocycles. The third kappa shape index (κ3) is 3.83. The molecule has 1 unspecified atom stereocenters. The van der Waals surface area contributed by atoms with Gasteiger partial charge in [0.15, 0.2) is 0 Å². The van der Waals surface area contributed by atoms with Gasteiger partial charge in [-0.05, 0) is 6.92 Å². The van der Waals surface area contributed by atoms with Crippen LogP contribution in [0.25, 0.3) is 0 Å². The third-order valence-electron chi connectivity index (χ3n) is 2.43. The highest BCUT2D eigenvalue weighted by Crippen LogP contribution is 2.28. The lowest BCUT2D eigenvalue weighted by Gasteiger charge is -2.19. The molecule has 1 rings (SSSR count). The first-order valence-electron chi connectivity index (χ1n) is 5.82. The van der Waals surface area contributed by atoms with Gasteiger partial charge >= 0.3 is 0 Å². The van der Waals surface area contributed by atoms with Gasteiger partial charge in [0.25, 0.3) is 0 Å². The second-order valence-electron chi connectivity index (χ2n) is 5.26. The Kier molecular flexibility index (Phi) is 4.95. The predicted molar refractivity (Wildman–Crippen MR) is 73.7 cm³/mol. The average molecular weight is 271 g/mol. The van der Waals surface area contributed by atoms with Crippen LogP contribution in [0.15, 0.2) is 5.03 Å². The Morgan fingerprint density at radius 1 is 1.33 bits per heavy atom. The summed E-state index contributed by atoms with van der Waals surface area (Å²) in [6, 6.07) is 0. The van der Waals surface area contributed by atoms with Gasteiger partial charge in [-0.2, -0.15) is 0 Å². The molecule has 0 aliphatic heterocycles. The molecule has 1 heterocycles. The summed E-state index contributed by atoms with van der Waals surface area (Å²) in [5.41, 5.74) is 6.52. The second kappa shape index (κ2) is 5.86. The third-order valence-corrected chi connectivity index (χ3v) is 3.66. The molecule has 0 amide bonds. The number of rotatable bonds is 4. The Balaban J connectivity index is 3.00. The zero-order valence-corrected chi connectivity index (χ0v) is 12.1. The molecule has 0 aromatic carbocycles. The van der Waals surface area contributed by atoms with Crippen LogP contribution in [0.2, 0.25) is 0 Å². The Labute approximate surface area is 112 Å². The molecule has 0 spiro atoms. The summed E-state index contributed by atoms with van der Waals surface area (Å²) >= 11 is 1.38. The van der Waals surface area contributed by atoms with E-state index in [1.54, 1.807) is 0 Å². The van der Waals surface area contributed by atoms with Crippen molar-refractivity contribution < 1.29 is 10.2 Å². The average Bonchev–Trinajstić information content (AvgIpc) is 2.28. The molecular formula is C12H21N3O2S. The Bertz CT molecular complexity index is 419. The molecule has 0 aliphatic rings. The van der Waals surface area contributed by atoms with E-state index in [9.17, 15) is 5.11 Å². The molecule has 0 aliphatic carbocycles. The van der Waals surface area contributed by atoms with Crippen LogP contribution in [-0.4, -0.2) is 38.6 Å². The fourth-order valence-corrected chi connectivity index (χ4v) is 2.14. The number of hydrogen-bond acceptors (Lipinski definition) is 6. The molecule has 1 aromatic rings. The van der Waals surface area contributed by atoms with Gasteiger partial charge in [-0.15, -0.1) is 11.8 Å². The molecule has 102 valence electrons. The highest BCUT2D eigenvalue weighted by atomic mass is 32.2. The minimum absolute atomic E-state index is 0.174. The van der Waals surface area contributed by atoms with E-state index in [-0.39, 0.29) is 12.0 Å². The highest BCUT2D eigenvalue weighted by molar-refractivity contribution is 7.99. The fourth-order valence-electron chi connectivity index (χ4n) is 1.22. The van der Waals surface area contributed by atoms with Crippen LogP contribution in [0.4, 0.5) is 5.82 Å². The van der Waals surface area contributed by atoms with Gasteiger partial charge in [0.1, 0.15) is 16.7 Å². The van der Waals surface area contributed by atoms with Crippen molar-refractivity contribution >= 4 is 17.6 Å². The van der Waals surface area contributed by atoms with Gasteiger partial charge in [0.2, 0.25) is 0 Å². The van der Waals surface area contributed by atoms with E-state index in [1.807, 2.05) is 27.7 Å². The fraction of sp³-hybridized carbons (Fsp3) is 0.667. The van der Waals surface area contributed by atoms with E-state index in [1.165, 1.54) is 11.8 Å². The quantitative estimate of drug-likeness (QED) is 0.561. The monoisotopic (exact) mass is 271 g/mol. The number of anilines is 1. The first-order valence-corrected chi connectivity index (χ1v) is 6.80. The van der Waals surface area contributed by atoms with E-state index in [2.05, 4.69) is 9.97 Å². The molecule has 18 heavy (non-hydrogen) atoms. The van der Waals surface area contributed by atoms with Crippen molar-refractivity contribution in [3.8, 4) is 0 Å². The van der Waals surface area contributed by atoms with Crippen LogP contribution in [-0.2, 0) is 5.41 Å². The van der Waals surface area contributed by atoms with Crippen molar-refractivity contribution in [2.24, 2.45) is 0 Å². The molecule has 1 aromatic heterocycles. The maximum Gasteiger partial charge on any atom is 0.137 e. The lowest BCUT2D eigenvalue weighted by atomic mass is 9.95. The molecule has 4 N–H and O–H groups in total. The lowest BCUT2D eigenvalue weighted by molar-refractivity contribution is 0.113. The normalized spacial score (nSPS) is 13.7. The minimum atomic E-state index is -0.747. The highest BCUT2D eigenvalue weighted by Gasteiger charge is 2.20. The molecule has 0 bridgehead atoms. The number of thioether (sulfide) groups is 1. The Hall–Kier alpha value is -0.850. The van der Waals surface area contributed by atoms with Crippen molar-refractivity contribution in [2.75, 3.05) is 18.1 Å². The van der Waals surface area contributed by atoms with Crippen LogP contribution in [0.5, 0.6) is 0 Å². The van der Waals surface area contributed by atoms with Crippen molar-refractivity contribution in [3.63, 3.8) is 0 Å². The Morgan fingerprint density at radius 3 is 2.44 bits per heavy atom. The maximum atomic E-state index is 9.36. The first kappa shape index (κ1) is 15.2. The lowest BCUT2D eigenvalue weighted by Crippen LogP contribution is -2.19.